The van der Waals surface area contributed by atoms with Crippen LogP contribution in [0.25, 0.3) is 11.3 Å². The van der Waals surface area contributed by atoms with E-state index >= 15 is 0 Å². The van der Waals surface area contributed by atoms with Crippen LogP contribution in [0.3, 0.4) is 0 Å². The second-order valence-corrected chi connectivity index (χ2v) is 9.66. The van der Waals surface area contributed by atoms with Crippen LogP contribution < -0.4 is 5.32 Å². The molecule has 4 aliphatic rings. The van der Waals surface area contributed by atoms with Crippen molar-refractivity contribution >= 4 is 39.7 Å². The lowest BCUT2D eigenvalue weighted by molar-refractivity contribution is 0.0107. The van der Waals surface area contributed by atoms with Crippen molar-refractivity contribution in [3.63, 3.8) is 0 Å². The summed E-state index contributed by atoms with van der Waals surface area (Å²) >= 11 is 13.9. The molecule has 0 aliphatic heterocycles. The molecule has 0 unspecified atom stereocenters. The highest BCUT2D eigenvalue weighted by atomic mass is 35.5. The van der Waals surface area contributed by atoms with Crippen molar-refractivity contribution in [2.45, 2.75) is 44.1 Å². The number of thiazole rings is 1. The predicted octanol–water partition coefficient (Wildman–Crippen LogP) is 6.50. The van der Waals surface area contributed by atoms with E-state index in [0.717, 1.165) is 34.1 Å². The van der Waals surface area contributed by atoms with Gasteiger partial charge in [-0.25, -0.2) is 4.98 Å². The lowest BCUT2D eigenvalue weighted by Crippen LogP contribution is -2.54. The van der Waals surface area contributed by atoms with E-state index in [1.165, 1.54) is 38.5 Å². The van der Waals surface area contributed by atoms with Gasteiger partial charge in [-0.15, -0.1) is 11.3 Å². The van der Waals surface area contributed by atoms with E-state index in [1.807, 2.05) is 18.2 Å². The number of hydrogen-bond acceptors (Lipinski definition) is 3. The van der Waals surface area contributed by atoms with Gasteiger partial charge in [0.2, 0.25) is 0 Å². The molecular weight excluding hydrogens is 359 g/mol. The Hall–Kier alpha value is -0.770. The Bertz CT molecular complexity index is 750. The average molecular weight is 379 g/mol. The fourth-order valence-corrected chi connectivity index (χ4v) is 6.75. The normalized spacial score (nSPS) is 33.8. The van der Waals surface area contributed by atoms with Gasteiger partial charge in [-0.05, 0) is 68.4 Å². The van der Waals surface area contributed by atoms with Crippen LogP contribution in [0.15, 0.2) is 23.6 Å². The summed E-state index contributed by atoms with van der Waals surface area (Å²) in [6, 6.07) is 5.72. The monoisotopic (exact) mass is 378 g/mol. The van der Waals surface area contributed by atoms with Gasteiger partial charge in [-0.3, -0.25) is 0 Å². The Morgan fingerprint density at radius 1 is 1.00 bits per heavy atom. The molecule has 1 N–H and O–H groups in total. The van der Waals surface area contributed by atoms with E-state index < -0.39 is 0 Å². The number of nitrogens with one attached hydrogen (secondary N) is 1. The topological polar surface area (TPSA) is 24.9 Å². The summed E-state index contributed by atoms with van der Waals surface area (Å²) in [5, 5.41) is 8.19. The van der Waals surface area contributed by atoms with Crippen molar-refractivity contribution in [3.8, 4) is 11.3 Å². The molecule has 24 heavy (non-hydrogen) atoms. The van der Waals surface area contributed by atoms with Gasteiger partial charge in [0.15, 0.2) is 5.13 Å². The molecule has 0 atom stereocenters. The van der Waals surface area contributed by atoms with Gasteiger partial charge >= 0.3 is 0 Å². The Morgan fingerprint density at radius 2 is 1.67 bits per heavy atom. The van der Waals surface area contributed by atoms with Gasteiger partial charge in [0, 0.05) is 16.5 Å². The number of rotatable bonds is 3. The van der Waals surface area contributed by atoms with Crippen molar-refractivity contribution in [3.05, 3.63) is 33.6 Å². The highest BCUT2D eigenvalue weighted by Crippen LogP contribution is 2.56. The van der Waals surface area contributed by atoms with Crippen molar-refractivity contribution in [1.82, 2.24) is 4.98 Å². The van der Waals surface area contributed by atoms with Crippen molar-refractivity contribution in [2.24, 2.45) is 17.8 Å². The summed E-state index contributed by atoms with van der Waals surface area (Å²) in [5.41, 5.74) is 2.31. The van der Waals surface area contributed by atoms with Crippen molar-refractivity contribution < 1.29 is 0 Å². The fourth-order valence-electron chi connectivity index (χ4n) is 5.61. The molecule has 0 saturated heterocycles. The standard InChI is InChI=1S/C19H20Cl2N2S/c20-15-2-1-14(6-16(15)21)17-10-24-18(22-17)23-19-7-11-3-12(8-19)5-13(4-11)9-19/h1-2,6,10-13H,3-5,7-9H2,(H,22,23). The van der Waals surface area contributed by atoms with E-state index in [9.17, 15) is 0 Å². The van der Waals surface area contributed by atoms with Crippen LogP contribution in [0, 0.1) is 17.8 Å². The fraction of sp³-hybridized carbons (Fsp3) is 0.526. The van der Waals surface area contributed by atoms with Gasteiger partial charge in [0.1, 0.15) is 0 Å². The third kappa shape index (κ3) is 2.65. The zero-order valence-corrected chi connectivity index (χ0v) is 15.7. The molecule has 126 valence electrons. The lowest BCUT2D eigenvalue weighted by Gasteiger charge is -2.56. The summed E-state index contributed by atoms with van der Waals surface area (Å²) < 4.78 is 0. The SMILES string of the molecule is Clc1ccc(-c2csc(NC34CC5CC(CC(C5)C3)C4)n2)cc1Cl. The molecule has 1 heterocycles. The smallest absolute Gasteiger partial charge is 0.183 e. The summed E-state index contributed by atoms with van der Waals surface area (Å²) in [7, 11) is 0. The average Bonchev–Trinajstić information content (AvgIpc) is 2.96. The molecule has 1 aromatic carbocycles. The maximum Gasteiger partial charge on any atom is 0.183 e. The molecule has 4 fully saturated rings. The van der Waals surface area contributed by atoms with E-state index in [-0.39, 0.29) is 0 Å². The van der Waals surface area contributed by atoms with Crippen molar-refractivity contribution in [1.29, 1.82) is 0 Å². The van der Waals surface area contributed by atoms with Crippen LogP contribution in [0.5, 0.6) is 0 Å². The minimum Gasteiger partial charge on any atom is -0.356 e. The highest BCUT2D eigenvalue weighted by molar-refractivity contribution is 7.14. The number of halogens is 2. The van der Waals surface area contributed by atoms with Gasteiger partial charge in [-0.1, -0.05) is 29.3 Å². The highest BCUT2D eigenvalue weighted by Gasteiger charge is 2.51. The van der Waals surface area contributed by atoms with E-state index in [4.69, 9.17) is 28.2 Å². The molecule has 1 aromatic heterocycles. The summed E-state index contributed by atoms with van der Waals surface area (Å²) in [6.45, 7) is 0. The first kappa shape index (κ1) is 15.5. The quantitative estimate of drug-likeness (QED) is 0.659. The molecule has 0 spiro atoms. The van der Waals surface area contributed by atoms with Crippen LogP contribution in [-0.2, 0) is 0 Å². The Kier molecular flexibility index (Phi) is 3.62. The minimum absolute atomic E-state index is 0.307. The third-order valence-corrected chi connectivity index (χ3v) is 7.63. The number of aromatic nitrogens is 1. The van der Waals surface area contributed by atoms with Crippen LogP contribution in [0.1, 0.15) is 38.5 Å². The Labute approximate surface area is 156 Å². The molecule has 0 radical (unpaired) electrons. The van der Waals surface area contributed by atoms with E-state index in [1.54, 1.807) is 11.3 Å². The van der Waals surface area contributed by atoms with Gasteiger partial charge < -0.3 is 5.32 Å². The van der Waals surface area contributed by atoms with Crippen LogP contribution in [0.4, 0.5) is 5.13 Å². The molecule has 5 heteroatoms. The molecule has 0 amide bonds. The Morgan fingerprint density at radius 3 is 2.29 bits per heavy atom. The molecule has 4 aliphatic carbocycles. The van der Waals surface area contributed by atoms with Crippen molar-refractivity contribution in [2.75, 3.05) is 5.32 Å². The summed E-state index contributed by atoms with van der Waals surface area (Å²) in [4.78, 5) is 4.83. The van der Waals surface area contributed by atoms with Gasteiger partial charge in [0.05, 0.1) is 15.7 Å². The first-order valence-electron chi connectivity index (χ1n) is 8.78. The lowest BCUT2D eigenvalue weighted by atomic mass is 9.53. The van der Waals surface area contributed by atoms with Crippen LogP contribution >= 0.6 is 34.5 Å². The number of anilines is 1. The minimum atomic E-state index is 0.307. The molecule has 6 rings (SSSR count). The largest absolute Gasteiger partial charge is 0.356 e. The van der Waals surface area contributed by atoms with E-state index in [2.05, 4.69) is 10.7 Å². The van der Waals surface area contributed by atoms with Gasteiger partial charge in [0.25, 0.3) is 0 Å². The Balaban J connectivity index is 1.39. The first-order valence-corrected chi connectivity index (χ1v) is 10.4. The zero-order valence-electron chi connectivity index (χ0n) is 13.4. The summed E-state index contributed by atoms with van der Waals surface area (Å²) in [6.07, 6.45) is 8.40. The molecule has 4 bridgehead atoms. The third-order valence-electron chi connectivity index (χ3n) is 6.13. The summed E-state index contributed by atoms with van der Waals surface area (Å²) in [5.74, 6) is 2.83. The zero-order chi connectivity index (χ0) is 16.3. The number of hydrogen-bond donors (Lipinski definition) is 1. The maximum atomic E-state index is 6.14. The molecule has 2 nitrogen and oxygen atoms in total. The number of nitrogens with zero attached hydrogens (tertiary/aromatic N) is 1. The molecular formula is C19H20Cl2N2S. The van der Waals surface area contributed by atoms with E-state index in [0.29, 0.717) is 15.6 Å². The van der Waals surface area contributed by atoms with Gasteiger partial charge in [-0.2, -0.15) is 0 Å². The van der Waals surface area contributed by atoms with Crippen LogP contribution in [-0.4, -0.2) is 10.5 Å². The predicted molar refractivity (Wildman–Crippen MR) is 102 cm³/mol. The second kappa shape index (κ2) is 5.62. The second-order valence-electron chi connectivity index (χ2n) is 7.99. The molecule has 4 saturated carbocycles. The van der Waals surface area contributed by atoms with Crippen LogP contribution in [0.2, 0.25) is 10.0 Å². The molecule has 2 aromatic rings. The first-order chi connectivity index (χ1) is 11.6. The maximum absolute atomic E-state index is 6.14. The number of benzene rings is 1.